The number of allylic oxidation sites excluding steroid dienone is 1. The molecule has 1 aliphatic rings. The van der Waals surface area contributed by atoms with E-state index in [0.717, 1.165) is 33.1 Å². The molecule has 0 unspecified atom stereocenters. The van der Waals surface area contributed by atoms with Gasteiger partial charge >= 0.3 is 0 Å². The van der Waals surface area contributed by atoms with Crippen molar-refractivity contribution in [2.45, 2.75) is 19.8 Å². The monoisotopic (exact) mass is 369 g/mol. The van der Waals surface area contributed by atoms with Crippen LogP contribution in [0.3, 0.4) is 0 Å². The highest BCUT2D eigenvalue weighted by Gasteiger charge is 2.37. The van der Waals surface area contributed by atoms with Crippen molar-refractivity contribution < 1.29 is 4.42 Å². The van der Waals surface area contributed by atoms with E-state index in [-0.39, 0.29) is 5.92 Å². The number of hydrogen-bond donors (Lipinski definition) is 2. The molecule has 28 heavy (non-hydrogen) atoms. The first-order chi connectivity index (χ1) is 13.6. The predicted octanol–water partition coefficient (Wildman–Crippen LogP) is 4.28. The van der Waals surface area contributed by atoms with Crippen molar-refractivity contribution in [3.8, 4) is 6.07 Å². The number of fused-ring (bicyclic) bond motifs is 4. The molecule has 4 aromatic rings. The van der Waals surface area contributed by atoms with Gasteiger partial charge in [0.1, 0.15) is 11.5 Å². The van der Waals surface area contributed by atoms with Gasteiger partial charge in [0.25, 0.3) is 0 Å². The molecule has 1 atom stereocenters. The molecule has 0 amide bonds. The average Bonchev–Trinajstić information content (AvgIpc) is 3.26. The Balaban J connectivity index is 1.78. The summed E-state index contributed by atoms with van der Waals surface area (Å²) < 4.78 is 5.85. The van der Waals surface area contributed by atoms with Crippen molar-refractivity contribution >= 4 is 27.7 Å². The molecule has 6 nitrogen and oxygen atoms in total. The standard InChI is InChI=1S/C22H19N5O/c1-3-27-21(24)16(11-23)19(20-22(27)28-12(2)25-20)13-8-9-18-15(10-13)14-6-4-5-7-17(14)26-18/h4-10,19,26H,3,24H2,1-2H3/t19-/m1/s1. The van der Waals surface area contributed by atoms with Gasteiger partial charge in [-0.15, -0.1) is 0 Å². The second-order valence-electron chi connectivity index (χ2n) is 6.99. The molecule has 0 radical (unpaired) electrons. The van der Waals surface area contributed by atoms with Crippen LogP contribution in [0.25, 0.3) is 21.8 Å². The van der Waals surface area contributed by atoms with E-state index in [1.165, 1.54) is 0 Å². The fourth-order valence-electron chi connectivity index (χ4n) is 4.16. The summed E-state index contributed by atoms with van der Waals surface area (Å²) in [4.78, 5) is 9.86. The fourth-order valence-corrected chi connectivity index (χ4v) is 4.16. The van der Waals surface area contributed by atoms with Crippen LogP contribution in [0.4, 0.5) is 5.88 Å². The van der Waals surface area contributed by atoms with Crippen molar-refractivity contribution in [1.29, 1.82) is 5.26 Å². The number of aryl methyl sites for hydroxylation is 1. The summed E-state index contributed by atoms with van der Waals surface area (Å²) in [6, 6.07) is 16.7. The Morgan fingerprint density at radius 3 is 2.79 bits per heavy atom. The zero-order valence-corrected chi connectivity index (χ0v) is 15.7. The molecule has 0 fully saturated rings. The molecule has 3 N–H and O–H groups in total. The minimum absolute atomic E-state index is 0.349. The highest BCUT2D eigenvalue weighted by Crippen LogP contribution is 2.44. The lowest BCUT2D eigenvalue weighted by atomic mass is 9.85. The predicted molar refractivity (Wildman–Crippen MR) is 109 cm³/mol. The molecule has 1 aliphatic heterocycles. The molecule has 0 saturated carbocycles. The normalized spacial score (nSPS) is 16.6. The number of rotatable bonds is 2. The molecule has 0 spiro atoms. The van der Waals surface area contributed by atoms with Crippen LogP contribution in [-0.2, 0) is 0 Å². The molecule has 0 aliphatic carbocycles. The third-order valence-electron chi connectivity index (χ3n) is 5.42. The highest BCUT2D eigenvalue weighted by atomic mass is 16.4. The number of hydrogen-bond acceptors (Lipinski definition) is 5. The van der Waals surface area contributed by atoms with Gasteiger partial charge in [-0.2, -0.15) is 5.26 Å². The SMILES string of the molecule is CCN1C(N)=C(C#N)[C@@H](c2ccc3[nH]c4ccccc4c3c2)c2nc(C)oc21. The van der Waals surface area contributed by atoms with E-state index < -0.39 is 0 Å². The van der Waals surface area contributed by atoms with E-state index in [1.807, 2.05) is 36.9 Å². The number of aromatic nitrogens is 2. The number of nitriles is 1. The lowest BCUT2D eigenvalue weighted by Crippen LogP contribution is -2.34. The van der Waals surface area contributed by atoms with Gasteiger partial charge in [-0.05, 0) is 30.7 Å². The van der Waals surface area contributed by atoms with Crippen molar-refractivity contribution in [1.82, 2.24) is 9.97 Å². The van der Waals surface area contributed by atoms with Crippen LogP contribution in [0.1, 0.15) is 30.0 Å². The minimum atomic E-state index is -0.349. The highest BCUT2D eigenvalue weighted by molar-refractivity contribution is 6.07. The Morgan fingerprint density at radius 1 is 1.21 bits per heavy atom. The Bertz CT molecular complexity index is 1300. The van der Waals surface area contributed by atoms with E-state index in [1.54, 1.807) is 0 Å². The summed E-state index contributed by atoms with van der Waals surface area (Å²) in [6.45, 7) is 4.39. The Hall–Kier alpha value is -3.72. The summed E-state index contributed by atoms with van der Waals surface area (Å²) in [5, 5.41) is 12.2. The van der Waals surface area contributed by atoms with Gasteiger partial charge in [0, 0.05) is 35.3 Å². The number of oxazole rings is 1. The first-order valence-corrected chi connectivity index (χ1v) is 9.27. The van der Waals surface area contributed by atoms with Gasteiger partial charge in [0.05, 0.1) is 17.6 Å². The third kappa shape index (κ3) is 2.16. The second kappa shape index (κ2) is 5.89. The van der Waals surface area contributed by atoms with Crippen molar-refractivity contribution in [3.63, 3.8) is 0 Å². The molecule has 3 heterocycles. The van der Waals surface area contributed by atoms with Gasteiger partial charge in [0.2, 0.25) is 5.88 Å². The van der Waals surface area contributed by atoms with Gasteiger partial charge in [0.15, 0.2) is 5.89 Å². The largest absolute Gasteiger partial charge is 0.425 e. The maximum atomic E-state index is 9.90. The maximum Gasteiger partial charge on any atom is 0.226 e. The second-order valence-corrected chi connectivity index (χ2v) is 6.99. The molecule has 0 bridgehead atoms. The first kappa shape index (κ1) is 16.5. The number of H-pyrrole nitrogens is 1. The molecular weight excluding hydrogens is 350 g/mol. The lowest BCUT2D eigenvalue weighted by molar-refractivity contribution is 0.513. The number of nitrogens with two attached hydrogens (primary N) is 1. The van der Waals surface area contributed by atoms with E-state index >= 15 is 0 Å². The van der Waals surface area contributed by atoms with E-state index in [4.69, 9.17) is 10.2 Å². The average molecular weight is 369 g/mol. The van der Waals surface area contributed by atoms with Gasteiger partial charge < -0.3 is 15.1 Å². The van der Waals surface area contributed by atoms with Crippen LogP contribution in [0, 0.1) is 18.3 Å². The number of anilines is 1. The topological polar surface area (TPSA) is 94.9 Å². The van der Waals surface area contributed by atoms with E-state index in [9.17, 15) is 5.26 Å². The Labute approximate surface area is 161 Å². The fraction of sp³-hybridized carbons (Fsp3) is 0.182. The molecule has 6 heteroatoms. The summed E-state index contributed by atoms with van der Waals surface area (Å²) in [5.74, 6) is 1.27. The number of benzene rings is 2. The molecule has 0 saturated heterocycles. The number of aromatic amines is 1. The minimum Gasteiger partial charge on any atom is -0.425 e. The Kier molecular flexibility index (Phi) is 3.46. The van der Waals surface area contributed by atoms with Crippen molar-refractivity contribution in [3.05, 3.63) is 71.0 Å². The summed E-state index contributed by atoms with van der Waals surface area (Å²) in [5.41, 5.74) is 10.7. The van der Waals surface area contributed by atoms with Crippen LogP contribution >= 0.6 is 0 Å². The number of nitrogens with one attached hydrogen (secondary N) is 1. The number of nitrogens with zero attached hydrogens (tertiary/aromatic N) is 3. The first-order valence-electron chi connectivity index (χ1n) is 9.27. The number of para-hydroxylation sites is 1. The van der Waals surface area contributed by atoms with E-state index in [0.29, 0.717) is 29.7 Å². The van der Waals surface area contributed by atoms with Crippen LogP contribution in [0.15, 0.2) is 58.3 Å². The van der Waals surface area contributed by atoms with Crippen LogP contribution in [0.5, 0.6) is 0 Å². The quantitative estimate of drug-likeness (QED) is 0.550. The molecule has 5 rings (SSSR count). The van der Waals surface area contributed by atoms with Crippen LogP contribution in [0.2, 0.25) is 0 Å². The molecule has 2 aromatic heterocycles. The zero-order valence-electron chi connectivity index (χ0n) is 15.7. The third-order valence-corrected chi connectivity index (χ3v) is 5.42. The summed E-state index contributed by atoms with van der Waals surface area (Å²) >= 11 is 0. The maximum absolute atomic E-state index is 9.90. The van der Waals surface area contributed by atoms with Crippen molar-refractivity contribution in [2.24, 2.45) is 5.73 Å². The van der Waals surface area contributed by atoms with Crippen LogP contribution < -0.4 is 10.6 Å². The molecular formula is C22H19N5O. The smallest absolute Gasteiger partial charge is 0.226 e. The summed E-state index contributed by atoms with van der Waals surface area (Å²) in [6.07, 6.45) is 0. The molecule has 2 aromatic carbocycles. The van der Waals surface area contributed by atoms with Crippen LogP contribution in [-0.4, -0.2) is 16.5 Å². The Morgan fingerprint density at radius 2 is 2.00 bits per heavy atom. The summed E-state index contributed by atoms with van der Waals surface area (Å²) in [7, 11) is 0. The lowest BCUT2D eigenvalue weighted by Gasteiger charge is -2.30. The van der Waals surface area contributed by atoms with E-state index in [2.05, 4.69) is 40.3 Å². The van der Waals surface area contributed by atoms with Crippen molar-refractivity contribution in [2.75, 3.05) is 11.4 Å². The van der Waals surface area contributed by atoms with Gasteiger partial charge in [-0.1, -0.05) is 24.3 Å². The molecule has 138 valence electrons. The van der Waals surface area contributed by atoms with Gasteiger partial charge in [-0.3, -0.25) is 4.90 Å². The van der Waals surface area contributed by atoms with Gasteiger partial charge in [-0.25, -0.2) is 4.98 Å². The zero-order chi connectivity index (χ0) is 19.4.